The second-order valence-electron chi connectivity index (χ2n) is 4.41. The average molecular weight is 273 g/mol. The molecule has 1 atom stereocenters. The summed E-state index contributed by atoms with van der Waals surface area (Å²) in [5, 5.41) is 8.61. The standard InChI is InChI=1S/C15H15NO2S/c1-10(16-12-6-7-19-9-12)14-8-11-4-3-5-13(17-2)15(11)18-14/h3-10,16H,1-2H3. The van der Waals surface area contributed by atoms with Gasteiger partial charge in [0.25, 0.3) is 0 Å². The fraction of sp³-hybridized carbons (Fsp3) is 0.200. The van der Waals surface area contributed by atoms with Crippen LogP contribution < -0.4 is 10.1 Å². The first-order valence-electron chi connectivity index (χ1n) is 6.13. The topological polar surface area (TPSA) is 34.4 Å². The Balaban J connectivity index is 1.92. The van der Waals surface area contributed by atoms with Gasteiger partial charge in [-0.1, -0.05) is 12.1 Å². The third-order valence-electron chi connectivity index (χ3n) is 3.08. The van der Waals surface area contributed by atoms with Crippen molar-refractivity contribution < 1.29 is 9.15 Å². The van der Waals surface area contributed by atoms with Crippen molar-refractivity contribution in [2.45, 2.75) is 13.0 Å². The number of anilines is 1. The first-order valence-corrected chi connectivity index (χ1v) is 7.07. The second kappa shape index (κ2) is 4.97. The van der Waals surface area contributed by atoms with Gasteiger partial charge in [-0.25, -0.2) is 0 Å². The Morgan fingerprint density at radius 1 is 1.32 bits per heavy atom. The first kappa shape index (κ1) is 12.1. The molecule has 0 saturated carbocycles. The number of hydrogen-bond donors (Lipinski definition) is 1. The van der Waals surface area contributed by atoms with Gasteiger partial charge in [0.2, 0.25) is 0 Å². The quantitative estimate of drug-likeness (QED) is 0.749. The summed E-state index contributed by atoms with van der Waals surface area (Å²) in [6.45, 7) is 2.09. The Bertz CT molecular complexity index is 673. The van der Waals surface area contributed by atoms with E-state index in [2.05, 4.69) is 35.1 Å². The molecule has 3 nitrogen and oxygen atoms in total. The molecule has 0 aliphatic heterocycles. The van der Waals surface area contributed by atoms with E-state index in [-0.39, 0.29) is 6.04 Å². The lowest BCUT2D eigenvalue weighted by Gasteiger charge is -2.10. The van der Waals surface area contributed by atoms with Gasteiger partial charge in [0, 0.05) is 16.5 Å². The van der Waals surface area contributed by atoms with Gasteiger partial charge in [0.05, 0.1) is 13.2 Å². The minimum Gasteiger partial charge on any atom is -0.493 e. The van der Waals surface area contributed by atoms with Gasteiger partial charge < -0.3 is 14.5 Å². The summed E-state index contributed by atoms with van der Waals surface area (Å²) in [5.74, 6) is 1.68. The summed E-state index contributed by atoms with van der Waals surface area (Å²) in [6.07, 6.45) is 0. The third kappa shape index (κ3) is 2.31. The predicted octanol–water partition coefficient (Wildman–Crippen LogP) is 4.68. The Morgan fingerprint density at radius 2 is 2.21 bits per heavy atom. The Hall–Kier alpha value is -1.94. The van der Waals surface area contributed by atoms with Crippen molar-refractivity contribution >= 4 is 28.0 Å². The van der Waals surface area contributed by atoms with Gasteiger partial charge in [-0.15, -0.1) is 0 Å². The number of para-hydroxylation sites is 1. The second-order valence-corrected chi connectivity index (χ2v) is 5.19. The molecule has 3 aromatic rings. The van der Waals surface area contributed by atoms with E-state index in [0.717, 1.165) is 28.2 Å². The van der Waals surface area contributed by atoms with Crippen LogP contribution in [0.3, 0.4) is 0 Å². The van der Waals surface area contributed by atoms with Crippen LogP contribution in [0.15, 0.2) is 45.5 Å². The zero-order valence-electron chi connectivity index (χ0n) is 10.8. The monoisotopic (exact) mass is 273 g/mol. The summed E-state index contributed by atoms with van der Waals surface area (Å²) in [6, 6.07) is 10.1. The van der Waals surface area contributed by atoms with Gasteiger partial charge in [-0.3, -0.25) is 0 Å². The fourth-order valence-corrected chi connectivity index (χ4v) is 2.70. The zero-order valence-corrected chi connectivity index (χ0v) is 11.7. The molecule has 0 radical (unpaired) electrons. The van der Waals surface area contributed by atoms with Crippen molar-refractivity contribution in [1.82, 2.24) is 0 Å². The van der Waals surface area contributed by atoms with E-state index in [1.165, 1.54) is 0 Å². The van der Waals surface area contributed by atoms with Gasteiger partial charge in [0.1, 0.15) is 5.76 Å². The van der Waals surface area contributed by atoms with Crippen LogP contribution in [-0.2, 0) is 0 Å². The Kier molecular flexibility index (Phi) is 3.17. The maximum Gasteiger partial charge on any atom is 0.176 e. The number of hydrogen-bond acceptors (Lipinski definition) is 4. The third-order valence-corrected chi connectivity index (χ3v) is 3.76. The molecular weight excluding hydrogens is 258 g/mol. The maximum absolute atomic E-state index is 5.92. The highest BCUT2D eigenvalue weighted by atomic mass is 32.1. The molecule has 1 aromatic carbocycles. The lowest BCUT2D eigenvalue weighted by atomic mass is 10.2. The maximum atomic E-state index is 5.92. The summed E-state index contributed by atoms with van der Waals surface area (Å²) in [5.41, 5.74) is 1.92. The number of fused-ring (bicyclic) bond motifs is 1. The molecule has 0 spiro atoms. The van der Waals surface area contributed by atoms with Crippen LogP contribution in [-0.4, -0.2) is 7.11 Å². The van der Waals surface area contributed by atoms with Crippen LogP contribution in [0, 0.1) is 0 Å². The Labute approximate surface area is 115 Å². The van der Waals surface area contributed by atoms with E-state index in [1.807, 2.05) is 18.2 Å². The smallest absolute Gasteiger partial charge is 0.176 e. The molecule has 0 saturated heterocycles. The van der Waals surface area contributed by atoms with Crippen molar-refractivity contribution in [1.29, 1.82) is 0 Å². The number of thiophene rings is 1. The lowest BCUT2D eigenvalue weighted by molar-refractivity contribution is 0.406. The molecule has 19 heavy (non-hydrogen) atoms. The van der Waals surface area contributed by atoms with Gasteiger partial charge in [-0.2, -0.15) is 11.3 Å². The fourth-order valence-electron chi connectivity index (χ4n) is 2.10. The molecule has 0 bridgehead atoms. The summed E-state index contributed by atoms with van der Waals surface area (Å²) in [7, 11) is 1.66. The number of furan rings is 1. The molecule has 3 rings (SSSR count). The van der Waals surface area contributed by atoms with Gasteiger partial charge in [0.15, 0.2) is 11.3 Å². The van der Waals surface area contributed by atoms with Crippen LogP contribution in [0.1, 0.15) is 18.7 Å². The molecule has 0 aliphatic carbocycles. The number of methoxy groups -OCH3 is 1. The number of nitrogens with one attached hydrogen (secondary N) is 1. The van der Waals surface area contributed by atoms with E-state index < -0.39 is 0 Å². The van der Waals surface area contributed by atoms with Crippen molar-refractivity contribution in [3.63, 3.8) is 0 Å². The van der Waals surface area contributed by atoms with E-state index in [9.17, 15) is 0 Å². The van der Waals surface area contributed by atoms with E-state index >= 15 is 0 Å². The van der Waals surface area contributed by atoms with E-state index in [1.54, 1.807) is 18.4 Å². The number of benzene rings is 1. The van der Waals surface area contributed by atoms with Gasteiger partial charge >= 0.3 is 0 Å². The van der Waals surface area contributed by atoms with E-state index in [0.29, 0.717) is 0 Å². The van der Waals surface area contributed by atoms with Crippen LogP contribution in [0.25, 0.3) is 11.0 Å². The van der Waals surface area contributed by atoms with Crippen LogP contribution in [0.4, 0.5) is 5.69 Å². The SMILES string of the molecule is COc1cccc2cc(C(C)Nc3ccsc3)oc12. The highest BCUT2D eigenvalue weighted by molar-refractivity contribution is 7.08. The molecule has 0 aliphatic rings. The zero-order chi connectivity index (χ0) is 13.2. The number of rotatable bonds is 4. The average Bonchev–Trinajstić information content (AvgIpc) is 3.06. The molecule has 4 heteroatoms. The Morgan fingerprint density at radius 3 is 2.95 bits per heavy atom. The first-order chi connectivity index (χ1) is 9.28. The van der Waals surface area contributed by atoms with Crippen molar-refractivity contribution in [2.24, 2.45) is 0 Å². The summed E-state index contributed by atoms with van der Waals surface area (Å²) in [4.78, 5) is 0. The highest BCUT2D eigenvalue weighted by Gasteiger charge is 2.13. The molecule has 98 valence electrons. The van der Waals surface area contributed by atoms with Crippen LogP contribution in [0.5, 0.6) is 5.75 Å². The molecule has 1 unspecified atom stereocenters. The van der Waals surface area contributed by atoms with Crippen LogP contribution in [0.2, 0.25) is 0 Å². The largest absolute Gasteiger partial charge is 0.493 e. The van der Waals surface area contributed by atoms with Crippen molar-refractivity contribution in [2.75, 3.05) is 12.4 Å². The van der Waals surface area contributed by atoms with Crippen molar-refractivity contribution in [3.05, 3.63) is 46.9 Å². The number of ether oxygens (including phenoxy) is 1. The minimum absolute atomic E-state index is 0.117. The molecule has 2 heterocycles. The van der Waals surface area contributed by atoms with Crippen molar-refractivity contribution in [3.8, 4) is 5.75 Å². The lowest BCUT2D eigenvalue weighted by Crippen LogP contribution is -2.04. The predicted molar refractivity (Wildman–Crippen MR) is 79.1 cm³/mol. The minimum atomic E-state index is 0.117. The summed E-state index contributed by atoms with van der Waals surface area (Å²) >= 11 is 1.67. The molecular formula is C15H15NO2S. The molecule has 1 N–H and O–H groups in total. The molecule has 0 fully saturated rings. The van der Waals surface area contributed by atoms with Crippen LogP contribution >= 0.6 is 11.3 Å². The van der Waals surface area contributed by atoms with Gasteiger partial charge in [-0.05, 0) is 30.5 Å². The highest BCUT2D eigenvalue weighted by Crippen LogP contribution is 2.32. The molecule has 2 aromatic heterocycles. The molecule has 0 amide bonds. The van der Waals surface area contributed by atoms with E-state index in [4.69, 9.17) is 9.15 Å². The summed E-state index contributed by atoms with van der Waals surface area (Å²) < 4.78 is 11.2. The normalized spacial score (nSPS) is 12.5.